The van der Waals surface area contributed by atoms with Crippen molar-refractivity contribution < 1.29 is 19.1 Å². The highest BCUT2D eigenvalue weighted by Crippen LogP contribution is 2.33. The van der Waals surface area contributed by atoms with Crippen molar-refractivity contribution in [3.05, 3.63) is 76.8 Å². The summed E-state index contributed by atoms with van der Waals surface area (Å²) in [6.45, 7) is 2.73. The number of carbonyl (C=O) groups is 2. The van der Waals surface area contributed by atoms with Crippen molar-refractivity contribution >= 4 is 46.4 Å². The van der Waals surface area contributed by atoms with Crippen LogP contribution in [0.2, 0.25) is 10.0 Å². The molecule has 0 bridgehead atoms. The summed E-state index contributed by atoms with van der Waals surface area (Å²) in [5.41, 5.74) is 1.13. The Hall–Kier alpha value is -3.22. The Bertz CT molecular complexity index is 1170. The maximum absolute atomic E-state index is 13.0. The third-order valence-corrected chi connectivity index (χ3v) is 5.87. The summed E-state index contributed by atoms with van der Waals surface area (Å²) in [6, 6.07) is 18.3. The predicted molar refractivity (Wildman–Crippen MR) is 134 cm³/mol. The largest absolute Gasteiger partial charge is 0.494 e. The van der Waals surface area contributed by atoms with Gasteiger partial charge in [-0.1, -0.05) is 36.5 Å². The molecule has 1 saturated heterocycles. The van der Waals surface area contributed by atoms with E-state index in [0.717, 1.165) is 12.8 Å². The third-order valence-electron chi connectivity index (χ3n) is 5.32. The van der Waals surface area contributed by atoms with Crippen LogP contribution in [0, 0.1) is 0 Å². The van der Waals surface area contributed by atoms with E-state index < -0.39 is 6.04 Å². The Labute approximate surface area is 208 Å². The molecule has 6 nitrogen and oxygen atoms in total. The highest BCUT2D eigenvalue weighted by Gasteiger charge is 2.39. The van der Waals surface area contributed by atoms with Crippen molar-refractivity contribution in [2.75, 3.05) is 16.8 Å². The van der Waals surface area contributed by atoms with E-state index in [1.54, 1.807) is 66.7 Å². The first-order chi connectivity index (χ1) is 16.4. The highest BCUT2D eigenvalue weighted by atomic mass is 35.5. The van der Waals surface area contributed by atoms with E-state index in [1.807, 2.05) is 0 Å². The normalized spacial score (nSPS) is 15.5. The van der Waals surface area contributed by atoms with E-state index in [2.05, 4.69) is 12.2 Å². The quantitative estimate of drug-likeness (QED) is 0.262. The molecule has 0 spiro atoms. The van der Waals surface area contributed by atoms with Gasteiger partial charge in [-0.25, -0.2) is 4.90 Å². The van der Waals surface area contributed by atoms with Crippen LogP contribution in [0.5, 0.6) is 17.2 Å². The Morgan fingerprint density at radius 3 is 2.35 bits per heavy atom. The van der Waals surface area contributed by atoms with Gasteiger partial charge in [0, 0.05) is 10.7 Å². The summed E-state index contributed by atoms with van der Waals surface area (Å²) in [5, 5.41) is 4.09. The second-order valence-electron chi connectivity index (χ2n) is 7.87. The van der Waals surface area contributed by atoms with E-state index in [-0.39, 0.29) is 18.2 Å². The van der Waals surface area contributed by atoms with Crippen LogP contribution in [0.4, 0.5) is 11.4 Å². The molecule has 3 aromatic carbocycles. The zero-order chi connectivity index (χ0) is 24.1. The first-order valence-corrected chi connectivity index (χ1v) is 11.8. The standard InChI is InChI=1S/C26H24Cl2N2O4/c1-2-3-14-33-20-11-7-19(8-12-20)30-25(31)16-23(26(30)32)29-18-6-13-24(22(28)15-18)34-21-9-4-17(27)5-10-21/h4-13,15,23,29H,2-3,14,16H2,1H3. The van der Waals surface area contributed by atoms with E-state index in [1.165, 1.54) is 4.90 Å². The van der Waals surface area contributed by atoms with Gasteiger partial charge in [-0.05, 0) is 73.2 Å². The van der Waals surface area contributed by atoms with Gasteiger partial charge < -0.3 is 14.8 Å². The smallest absolute Gasteiger partial charge is 0.256 e. The van der Waals surface area contributed by atoms with Crippen LogP contribution in [0.3, 0.4) is 0 Å². The Morgan fingerprint density at radius 1 is 0.971 bits per heavy atom. The zero-order valence-corrected chi connectivity index (χ0v) is 20.1. The number of nitrogens with one attached hydrogen (secondary N) is 1. The molecule has 1 aliphatic heterocycles. The molecule has 1 heterocycles. The number of halogens is 2. The lowest BCUT2D eigenvalue weighted by molar-refractivity contribution is -0.121. The first-order valence-electron chi connectivity index (χ1n) is 11.0. The van der Waals surface area contributed by atoms with Gasteiger partial charge >= 0.3 is 0 Å². The minimum Gasteiger partial charge on any atom is -0.494 e. The molecule has 0 aromatic heterocycles. The molecule has 3 aromatic rings. The lowest BCUT2D eigenvalue weighted by Gasteiger charge is -2.17. The number of hydrogen-bond donors (Lipinski definition) is 1. The number of ether oxygens (including phenoxy) is 2. The average Bonchev–Trinajstić information content (AvgIpc) is 3.10. The monoisotopic (exact) mass is 498 g/mol. The zero-order valence-electron chi connectivity index (χ0n) is 18.6. The van der Waals surface area contributed by atoms with Crippen molar-refractivity contribution in [1.29, 1.82) is 0 Å². The van der Waals surface area contributed by atoms with Crippen molar-refractivity contribution in [2.45, 2.75) is 32.2 Å². The fourth-order valence-corrected chi connectivity index (χ4v) is 3.89. The van der Waals surface area contributed by atoms with Crippen LogP contribution in [-0.2, 0) is 9.59 Å². The van der Waals surface area contributed by atoms with Crippen molar-refractivity contribution in [2.24, 2.45) is 0 Å². The lowest BCUT2D eigenvalue weighted by atomic mass is 10.2. The molecule has 1 atom stereocenters. The van der Waals surface area contributed by atoms with Crippen molar-refractivity contribution in [3.8, 4) is 17.2 Å². The summed E-state index contributed by atoms with van der Waals surface area (Å²) in [5.74, 6) is 1.19. The molecule has 8 heteroatoms. The average molecular weight is 499 g/mol. The number of benzene rings is 3. The number of imide groups is 1. The predicted octanol–water partition coefficient (Wildman–Crippen LogP) is 6.71. The molecule has 4 rings (SSSR count). The lowest BCUT2D eigenvalue weighted by Crippen LogP contribution is -2.34. The van der Waals surface area contributed by atoms with Gasteiger partial charge in [0.05, 0.1) is 23.7 Å². The molecule has 1 unspecified atom stereocenters. The molecular weight excluding hydrogens is 475 g/mol. The van der Waals surface area contributed by atoms with Gasteiger partial charge in [-0.15, -0.1) is 0 Å². The number of carbonyl (C=O) groups excluding carboxylic acids is 2. The second kappa shape index (κ2) is 10.8. The maximum Gasteiger partial charge on any atom is 0.256 e. The number of nitrogens with zero attached hydrogens (tertiary/aromatic N) is 1. The van der Waals surface area contributed by atoms with Crippen molar-refractivity contribution in [1.82, 2.24) is 0 Å². The van der Waals surface area contributed by atoms with Crippen LogP contribution in [-0.4, -0.2) is 24.5 Å². The van der Waals surface area contributed by atoms with E-state index in [0.29, 0.717) is 45.3 Å². The number of unbranched alkanes of at least 4 members (excludes halogenated alkanes) is 1. The van der Waals surface area contributed by atoms with Crippen molar-refractivity contribution in [3.63, 3.8) is 0 Å². The van der Waals surface area contributed by atoms with Gasteiger partial charge in [0.15, 0.2) is 0 Å². The third kappa shape index (κ3) is 5.64. The minimum atomic E-state index is -0.688. The van der Waals surface area contributed by atoms with Crippen LogP contribution < -0.4 is 19.7 Å². The number of rotatable bonds is 9. The molecule has 34 heavy (non-hydrogen) atoms. The SMILES string of the molecule is CCCCOc1ccc(N2C(=O)CC(Nc3ccc(Oc4ccc(Cl)cc4)c(Cl)c3)C2=O)cc1. The molecule has 0 saturated carbocycles. The van der Waals surface area contributed by atoms with Crippen LogP contribution >= 0.6 is 23.2 Å². The number of hydrogen-bond acceptors (Lipinski definition) is 5. The summed E-state index contributed by atoms with van der Waals surface area (Å²) < 4.78 is 11.4. The Morgan fingerprint density at radius 2 is 1.68 bits per heavy atom. The molecule has 2 amide bonds. The summed E-state index contributed by atoms with van der Waals surface area (Å²) in [7, 11) is 0. The fraction of sp³-hybridized carbons (Fsp3) is 0.231. The van der Waals surface area contributed by atoms with Crippen LogP contribution in [0.1, 0.15) is 26.2 Å². The molecule has 0 radical (unpaired) electrons. The summed E-state index contributed by atoms with van der Waals surface area (Å²) in [6.07, 6.45) is 2.07. The van der Waals surface area contributed by atoms with Gasteiger partial charge in [-0.3, -0.25) is 9.59 Å². The fourth-order valence-electron chi connectivity index (χ4n) is 3.55. The van der Waals surface area contributed by atoms with E-state index in [4.69, 9.17) is 32.7 Å². The number of amides is 2. The highest BCUT2D eigenvalue weighted by molar-refractivity contribution is 6.32. The minimum absolute atomic E-state index is 0.0498. The number of anilines is 2. The summed E-state index contributed by atoms with van der Waals surface area (Å²) in [4.78, 5) is 26.8. The molecule has 0 aliphatic carbocycles. The van der Waals surface area contributed by atoms with Crippen LogP contribution in [0.25, 0.3) is 0 Å². The van der Waals surface area contributed by atoms with E-state index in [9.17, 15) is 9.59 Å². The van der Waals surface area contributed by atoms with Crippen LogP contribution in [0.15, 0.2) is 66.7 Å². The van der Waals surface area contributed by atoms with Gasteiger partial charge in [-0.2, -0.15) is 0 Å². The molecule has 1 aliphatic rings. The summed E-state index contributed by atoms with van der Waals surface area (Å²) >= 11 is 12.3. The van der Waals surface area contributed by atoms with Gasteiger partial charge in [0.25, 0.3) is 5.91 Å². The maximum atomic E-state index is 13.0. The van der Waals surface area contributed by atoms with E-state index >= 15 is 0 Å². The molecule has 1 N–H and O–H groups in total. The Kier molecular flexibility index (Phi) is 7.60. The second-order valence-corrected chi connectivity index (χ2v) is 8.71. The first kappa shape index (κ1) is 23.9. The molecule has 176 valence electrons. The molecular formula is C26H24Cl2N2O4. The topological polar surface area (TPSA) is 67.9 Å². The Balaban J connectivity index is 1.40. The van der Waals surface area contributed by atoms with Gasteiger partial charge in [0.1, 0.15) is 23.3 Å². The van der Waals surface area contributed by atoms with Gasteiger partial charge in [0.2, 0.25) is 5.91 Å². The molecule has 1 fully saturated rings.